The van der Waals surface area contributed by atoms with Crippen molar-refractivity contribution >= 4 is 23.5 Å². The number of hydrogen-bond donors (Lipinski definition) is 0. The molecule has 6 atom stereocenters. The summed E-state index contributed by atoms with van der Waals surface area (Å²) in [4.78, 5) is 40.9. The number of rotatable bonds is 4. The minimum atomic E-state index is -0.479. The second kappa shape index (κ2) is 8.01. The molecule has 5 heteroatoms. The molecule has 4 aliphatic carbocycles. The van der Waals surface area contributed by atoms with E-state index < -0.39 is 5.97 Å². The number of imide groups is 1. The van der Waals surface area contributed by atoms with Crippen LogP contribution >= 0.6 is 0 Å². The zero-order chi connectivity index (χ0) is 25.4. The van der Waals surface area contributed by atoms with E-state index >= 15 is 0 Å². The average molecular weight is 490 g/mol. The summed E-state index contributed by atoms with van der Waals surface area (Å²) in [5.41, 5.74) is 5.12. The zero-order valence-electron chi connectivity index (χ0n) is 20.8. The maximum atomic E-state index is 13.3. The van der Waals surface area contributed by atoms with Gasteiger partial charge in [0.1, 0.15) is 5.75 Å². The Bertz CT molecular complexity index is 1450. The van der Waals surface area contributed by atoms with Gasteiger partial charge in [-0.15, -0.1) is 0 Å². The SMILES string of the molecule is Cc1ccc(-c2ccc(OC(=O)c3ccc(N4C(=O)C5C6C=CC(C7CC67)C5C4=O)cc3)c(C)c2)cc1. The largest absolute Gasteiger partial charge is 0.423 e. The summed E-state index contributed by atoms with van der Waals surface area (Å²) in [7, 11) is 0. The molecule has 1 aliphatic heterocycles. The molecule has 0 N–H and O–H groups in total. The van der Waals surface area contributed by atoms with Crippen molar-refractivity contribution in [2.45, 2.75) is 20.3 Å². The van der Waals surface area contributed by atoms with Crippen molar-refractivity contribution in [3.8, 4) is 16.9 Å². The third-order valence-corrected chi connectivity index (χ3v) is 8.79. The summed E-state index contributed by atoms with van der Waals surface area (Å²) in [6.07, 6.45) is 5.48. The summed E-state index contributed by atoms with van der Waals surface area (Å²) in [6, 6.07) is 20.7. The Labute approximate surface area is 215 Å². The Balaban J connectivity index is 1.07. The lowest BCUT2D eigenvalue weighted by Gasteiger charge is -2.37. The Hall–Kier alpha value is -3.99. The molecule has 8 rings (SSSR count). The maximum absolute atomic E-state index is 13.3. The number of allylic oxidation sites excluding steroid dienone is 2. The molecule has 3 aromatic carbocycles. The molecule has 0 spiro atoms. The quantitative estimate of drug-likeness (QED) is 0.203. The van der Waals surface area contributed by atoms with Crippen LogP contribution in [-0.2, 0) is 9.59 Å². The minimum Gasteiger partial charge on any atom is -0.423 e. The van der Waals surface area contributed by atoms with E-state index in [0.717, 1.165) is 23.1 Å². The Morgan fingerprint density at radius 2 is 1.38 bits per heavy atom. The van der Waals surface area contributed by atoms with E-state index in [9.17, 15) is 14.4 Å². The summed E-state index contributed by atoms with van der Waals surface area (Å²) in [5, 5.41) is 0. The standard InChI is InChI=1S/C32H27NO4/c1-17-3-5-19(6-4-17)21-9-14-27(18(2)15-21)37-32(36)20-7-10-22(11-8-20)33-30(34)28-23-12-13-24(26-16-25(23)26)29(28)31(33)35/h3-15,23-26,28-29H,16H2,1-2H3. The molecule has 3 aromatic rings. The first-order valence-electron chi connectivity index (χ1n) is 13.0. The van der Waals surface area contributed by atoms with Crippen molar-refractivity contribution < 1.29 is 19.1 Å². The molecule has 184 valence electrons. The van der Waals surface area contributed by atoms with Crippen LogP contribution in [0.5, 0.6) is 5.75 Å². The molecule has 6 unspecified atom stereocenters. The van der Waals surface area contributed by atoms with Crippen molar-refractivity contribution in [3.63, 3.8) is 0 Å². The highest BCUT2D eigenvalue weighted by Crippen LogP contribution is 2.65. The third kappa shape index (κ3) is 3.41. The Morgan fingerprint density at radius 1 is 0.784 bits per heavy atom. The topological polar surface area (TPSA) is 63.7 Å². The highest BCUT2D eigenvalue weighted by atomic mass is 16.5. The lowest BCUT2D eigenvalue weighted by molar-refractivity contribution is -0.124. The molecule has 5 aliphatic rings. The van der Waals surface area contributed by atoms with Crippen LogP contribution in [0, 0.1) is 49.4 Å². The van der Waals surface area contributed by atoms with Gasteiger partial charge in [0.05, 0.1) is 23.1 Å². The van der Waals surface area contributed by atoms with Crippen LogP contribution in [0.2, 0.25) is 0 Å². The van der Waals surface area contributed by atoms with E-state index in [1.807, 2.05) is 25.1 Å². The first kappa shape index (κ1) is 22.2. The predicted octanol–water partition coefficient (Wildman–Crippen LogP) is 5.75. The smallest absolute Gasteiger partial charge is 0.343 e. The van der Waals surface area contributed by atoms with Gasteiger partial charge in [0.15, 0.2) is 0 Å². The van der Waals surface area contributed by atoms with Crippen LogP contribution in [0.1, 0.15) is 27.9 Å². The molecule has 2 bridgehead atoms. The normalized spacial score (nSPS) is 28.8. The number of amides is 2. The van der Waals surface area contributed by atoms with Crippen molar-refractivity contribution in [1.29, 1.82) is 0 Å². The Kier molecular flexibility index (Phi) is 4.81. The van der Waals surface area contributed by atoms with Crippen LogP contribution in [0.15, 0.2) is 78.9 Å². The van der Waals surface area contributed by atoms with E-state index in [4.69, 9.17) is 4.74 Å². The van der Waals surface area contributed by atoms with Crippen LogP contribution in [-0.4, -0.2) is 17.8 Å². The molecule has 1 heterocycles. The highest BCUT2D eigenvalue weighted by molar-refractivity contribution is 6.22. The van der Waals surface area contributed by atoms with Crippen molar-refractivity contribution in [2.24, 2.45) is 35.5 Å². The summed E-state index contributed by atoms with van der Waals surface area (Å²) >= 11 is 0. The first-order valence-corrected chi connectivity index (χ1v) is 13.0. The van der Waals surface area contributed by atoms with Gasteiger partial charge in [-0.05, 0) is 97.0 Å². The van der Waals surface area contributed by atoms with Crippen LogP contribution in [0.25, 0.3) is 11.1 Å². The van der Waals surface area contributed by atoms with Crippen LogP contribution in [0.4, 0.5) is 5.69 Å². The molecule has 2 amide bonds. The van der Waals surface area contributed by atoms with Gasteiger partial charge in [0, 0.05) is 0 Å². The molecule has 0 radical (unpaired) electrons. The van der Waals surface area contributed by atoms with E-state index in [1.54, 1.807) is 24.3 Å². The maximum Gasteiger partial charge on any atom is 0.343 e. The lowest BCUT2D eigenvalue weighted by atomic mass is 9.63. The lowest BCUT2D eigenvalue weighted by Crippen LogP contribution is -2.40. The second-order valence-corrected chi connectivity index (χ2v) is 10.9. The number of hydrogen-bond acceptors (Lipinski definition) is 4. The summed E-state index contributed by atoms with van der Waals surface area (Å²) in [6.45, 7) is 3.97. The molecule has 37 heavy (non-hydrogen) atoms. The number of nitrogens with zero attached hydrogens (tertiary/aromatic N) is 1. The number of benzene rings is 3. The third-order valence-electron chi connectivity index (χ3n) is 8.79. The van der Waals surface area contributed by atoms with Gasteiger partial charge in [-0.25, -0.2) is 4.79 Å². The van der Waals surface area contributed by atoms with Crippen molar-refractivity contribution in [3.05, 3.63) is 95.6 Å². The molecular formula is C32H27NO4. The van der Waals surface area contributed by atoms with Crippen LogP contribution in [0.3, 0.4) is 0 Å². The number of carbonyl (C=O) groups is 3. The first-order chi connectivity index (χ1) is 17.9. The van der Waals surface area contributed by atoms with Crippen LogP contribution < -0.4 is 9.64 Å². The van der Waals surface area contributed by atoms with E-state index in [-0.39, 0.29) is 35.5 Å². The Morgan fingerprint density at radius 3 is 1.97 bits per heavy atom. The number of esters is 1. The summed E-state index contributed by atoms with van der Waals surface area (Å²) < 4.78 is 5.68. The van der Waals surface area contributed by atoms with Gasteiger partial charge in [-0.1, -0.05) is 48.0 Å². The van der Waals surface area contributed by atoms with Gasteiger partial charge in [-0.2, -0.15) is 0 Å². The zero-order valence-corrected chi connectivity index (χ0v) is 20.8. The second-order valence-electron chi connectivity index (χ2n) is 10.9. The molecular weight excluding hydrogens is 462 g/mol. The van der Waals surface area contributed by atoms with Crippen molar-refractivity contribution in [1.82, 2.24) is 0 Å². The molecule has 0 aromatic heterocycles. The predicted molar refractivity (Wildman–Crippen MR) is 140 cm³/mol. The number of anilines is 1. The van der Waals surface area contributed by atoms with Gasteiger partial charge in [0.25, 0.3) is 0 Å². The monoisotopic (exact) mass is 489 g/mol. The molecule has 2 saturated carbocycles. The van der Waals surface area contributed by atoms with Gasteiger partial charge in [-0.3, -0.25) is 14.5 Å². The average Bonchev–Trinajstić information content (AvgIpc) is 3.69. The number of carbonyl (C=O) groups excluding carboxylic acids is 3. The number of aryl methyl sites for hydroxylation is 2. The number of ether oxygens (including phenoxy) is 1. The van der Waals surface area contributed by atoms with Gasteiger partial charge < -0.3 is 4.74 Å². The van der Waals surface area contributed by atoms with Gasteiger partial charge >= 0.3 is 5.97 Å². The minimum absolute atomic E-state index is 0.0979. The van der Waals surface area contributed by atoms with E-state index in [2.05, 4.69) is 43.3 Å². The fourth-order valence-electron chi connectivity index (χ4n) is 6.81. The summed E-state index contributed by atoms with van der Waals surface area (Å²) in [5.74, 6) is 0.877. The fraction of sp³-hybridized carbons (Fsp3) is 0.281. The van der Waals surface area contributed by atoms with E-state index in [0.29, 0.717) is 28.8 Å². The van der Waals surface area contributed by atoms with E-state index in [1.165, 1.54) is 10.5 Å². The molecule has 3 fully saturated rings. The highest BCUT2D eigenvalue weighted by Gasteiger charge is 2.67. The van der Waals surface area contributed by atoms with Gasteiger partial charge in [0.2, 0.25) is 11.8 Å². The van der Waals surface area contributed by atoms with Crippen molar-refractivity contribution in [2.75, 3.05) is 4.90 Å². The fourth-order valence-corrected chi connectivity index (χ4v) is 6.81. The molecule has 5 nitrogen and oxygen atoms in total. The molecule has 1 saturated heterocycles.